The predicted octanol–water partition coefficient (Wildman–Crippen LogP) is 23.4. The lowest BCUT2D eigenvalue weighted by molar-refractivity contribution is -0.167. The Morgan fingerprint density at radius 3 is 0.772 bits per heavy atom. The van der Waals surface area contributed by atoms with Crippen LogP contribution in [0.1, 0.15) is 342 Å². The molecule has 0 aliphatic rings. The van der Waals surface area contributed by atoms with Crippen molar-refractivity contribution in [3.05, 3.63) is 85.1 Å². The van der Waals surface area contributed by atoms with Gasteiger partial charge in [0.2, 0.25) is 0 Å². The van der Waals surface area contributed by atoms with E-state index >= 15 is 0 Å². The Kier molecular flexibility index (Phi) is 64.2. The van der Waals surface area contributed by atoms with Gasteiger partial charge in [0.25, 0.3) is 0 Å². The maximum absolute atomic E-state index is 13.0. The van der Waals surface area contributed by atoms with Gasteiger partial charge in [0.1, 0.15) is 13.2 Å². The highest BCUT2D eigenvalue weighted by Gasteiger charge is 2.19. The van der Waals surface area contributed by atoms with E-state index in [4.69, 9.17) is 14.2 Å². The molecule has 0 bridgehead atoms. The van der Waals surface area contributed by atoms with Crippen LogP contribution in [0.4, 0.5) is 0 Å². The first-order chi connectivity index (χ1) is 39.0. The van der Waals surface area contributed by atoms with Crippen molar-refractivity contribution < 1.29 is 28.6 Å². The topological polar surface area (TPSA) is 78.9 Å². The van der Waals surface area contributed by atoms with Crippen LogP contribution in [0.15, 0.2) is 85.1 Å². The van der Waals surface area contributed by atoms with Crippen LogP contribution in [0.3, 0.4) is 0 Å². The molecule has 79 heavy (non-hydrogen) atoms. The molecule has 0 saturated carbocycles. The molecule has 0 aromatic carbocycles. The van der Waals surface area contributed by atoms with Gasteiger partial charge in [-0.3, -0.25) is 14.4 Å². The molecule has 6 heteroatoms. The number of rotatable bonds is 62. The molecule has 0 heterocycles. The number of carbonyl (C=O) groups excluding carboxylic acids is 3. The smallest absolute Gasteiger partial charge is 0.306 e. The van der Waals surface area contributed by atoms with Crippen molar-refractivity contribution in [1.29, 1.82) is 0 Å². The molecule has 0 aromatic rings. The Morgan fingerprint density at radius 2 is 0.494 bits per heavy atom. The lowest BCUT2D eigenvalue weighted by Gasteiger charge is -2.18. The average molecular weight is 1100 g/mol. The second kappa shape index (κ2) is 67.1. The largest absolute Gasteiger partial charge is 0.462 e. The number of hydrogen-bond donors (Lipinski definition) is 0. The molecule has 0 amide bonds. The Labute approximate surface area is 490 Å². The number of hydrogen-bond acceptors (Lipinski definition) is 6. The summed E-state index contributed by atoms with van der Waals surface area (Å²) in [7, 11) is 0. The van der Waals surface area contributed by atoms with Crippen LogP contribution < -0.4 is 0 Å². The summed E-state index contributed by atoms with van der Waals surface area (Å²) in [6.45, 7) is 6.55. The molecule has 0 rings (SSSR count). The summed E-state index contributed by atoms with van der Waals surface area (Å²) < 4.78 is 17.0. The Bertz CT molecular complexity index is 1500. The fourth-order valence-electron chi connectivity index (χ4n) is 9.80. The van der Waals surface area contributed by atoms with Gasteiger partial charge in [0.15, 0.2) is 6.10 Å². The molecule has 0 saturated heterocycles. The van der Waals surface area contributed by atoms with Crippen molar-refractivity contribution in [3.8, 4) is 0 Å². The van der Waals surface area contributed by atoms with E-state index in [0.29, 0.717) is 19.3 Å². The third kappa shape index (κ3) is 65.3. The minimum absolute atomic E-state index is 0.0815. The molecular formula is C73H128O6. The summed E-state index contributed by atoms with van der Waals surface area (Å²) in [4.78, 5) is 38.4. The first-order valence-corrected chi connectivity index (χ1v) is 34.1. The number of esters is 3. The lowest BCUT2D eigenvalue weighted by atomic mass is 10.0. The molecule has 0 aromatic heterocycles. The van der Waals surface area contributed by atoms with Crippen LogP contribution in [0.2, 0.25) is 0 Å². The fourth-order valence-corrected chi connectivity index (χ4v) is 9.80. The van der Waals surface area contributed by atoms with Crippen LogP contribution >= 0.6 is 0 Å². The summed E-state index contributed by atoms with van der Waals surface area (Å²) in [5.41, 5.74) is 0. The van der Waals surface area contributed by atoms with Gasteiger partial charge in [0, 0.05) is 19.3 Å². The molecule has 1 atom stereocenters. The van der Waals surface area contributed by atoms with Gasteiger partial charge in [-0.2, -0.15) is 0 Å². The number of unbranched alkanes of at least 4 members (excludes halogenated alkanes) is 37. The highest BCUT2D eigenvalue weighted by Crippen LogP contribution is 2.17. The van der Waals surface area contributed by atoms with E-state index in [1.165, 1.54) is 186 Å². The molecule has 0 fully saturated rings. The van der Waals surface area contributed by atoms with Crippen LogP contribution in [0.25, 0.3) is 0 Å². The van der Waals surface area contributed by atoms with Crippen molar-refractivity contribution >= 4 is 17.9 Å². The summed E-state index contributed by atoms with van der Waals surface area (Å²) in [6, 6.07) is 0. The summed E-state index contributed by atoms with van der Waals surface area (Å²) in [5, 5.41) is 0. The van der Waals surface area contributed by atoms with Crippen LogP contribution in [-0.2, 0) is 28.6 Å². The molecule has 0 aliphatic carbocycles. The first-order valence-electron chi connectivity index (χ1n) is 34.1. The summed E-state index contributed by atoms with van der Waals surface area (Å²) in [5.74, 6) is -0.887. The molecule has 0 aliphatic heterocycles. The van der Waals surface area contributed by atoms with Crippen LogP contribution in [0, 0.1) is 0 Å². The number of carbonyl (C=O) groups is 3. The molecule has 456 valence electrons. The minimum atomic E-state index is -0.788. The standard InChI is InChI=1S/C73H128O6/c1-4-7-10-13-16-19-22-25-28-31-34-36-39-42-45-48-51-54-57-60-63-66-72(75)78-69-70(68-77-71(74)65-62-59-56-53-50-47-44-41-38-33-30-27-24-21-18-15-12-9-6-3)79-73(76)67-64-61-58-55-52-49-46-43-40-37-35-32-29-26-23-20-17-14-11-8-5-2/h7,10,16,19,23,25-26,28,32,34-36,42,45,70H,4-6,8-9,11-15,17-18,20-22,24,27,29-31,33,37-41,43-44,46-69H2,1-3H3/b10-7-,19-16-,26-23-,28-25-,35-32-,36-34-,45-42-. The van der Waals surface area contributed by atoms with Crippen molar-refractivity contribution in [2.45, 2.75) is 348 Å². The van der Waals surface area contributed by atoms with E-state index in [9.17, 15) is 14.4 Å². The average Bonchev–Trinajstić information content (AvgIpc) is 3.45. The van der Waals surface area contributed by atoms with Gasteiger partial charge >= 0.3 is 17.9 Å². The zero-order valence-electron chi connectivity index (χ0n) is 52.4. The van der Waals surface area contributed by atoms with Gasteiger partial charge in [-0.05, 0) is 96.3 Å². The Morgan fingerprint density at radius 1 is 0.266 bits per heavy atom. The van der Waals surface area contributed by atoms with Crippen LogP contribution in [0.5, 0.6) is 0 Å². The van der Waals surface area contributed by atoms with Crippen molar-refractivity contribution in [1.82, 2.24) is 0 Å². The fraction of sp³-hybridized carbons (Fsp3) is 0.767. The van der Waals surface area contributed by atoms with E-state index in [1.807, 2.05) is 0 Å². The van der Waals surface area contributed by atoms with Gasteiger partial charge in [0.05, 0.1) is 0 Å². The molecule has 1 unspecified atom stereocenters. The second-order valence-electron chi connectivity index (χ2n) is 22.7. The SMILES string of the molecule is CC/C=C\C/C=C\C/C=C\C/C=C\C/C=C\CCCCCCCC(=O)OCC(COC(=O)CCCCCCCCCCCCCCCCCCCCC)OC(=O)CCCCCCCCCCC/C=C\C/C=C\CCCCCCC. The maximum atomic E-state index is 13.0. The van der Waals surface area contributed by atoms with Crippen molar-refractivity contribution in [2.75, 3.05) is 13.2 Å². The van der Waals surface area contributed by atoms with E-state index in [0.717, 1.165) is 116 Å². The Balaban J connectivity index is 4.41. The van der Waals surface area contributed by atoms with E-state index in [2.05, 4.69) is 106 Å². The monoisotopic (exact) mass is 1100 g/mol. The van der Waals surface area contributed by atoms with E-state index in [1.54, 1.807) is 0 Å². The van der Waals surface area contributed by atoms with Crippen molar-refractivity contribution in [3.63, 3.8) is 0 Å². The van der Waals surface area contributed by atoms with Gasteiger partial charge in [-0.1, -0.05) is 311 Å². The van der Waals surface area contributed by atoms with Crippen LogP contribution in [-0.4, -0.2) is 37.2 Å². The quantitative estimate of drug-likeness (QED) is 0.0261. The van der Waals surface area contributed by atoms with E-state index < -0.39 is 6.10 Å². The van der Waals surface area contributed by atoms with Gasteiger partial charge < -0.3 is 14.2 Å². The normalized spacial score (nSPS) is 12.6. The predicted molar refractivity (Wildman–Crippen MR) is 344 cm³/mol. The molecule has 0 radical (unpaired) electrons. The van der Waals surface area contributed by atoms with Gasteiger partial charge in [-0.25, -0.2) is 0 Å². The molecule has 0 N–H and O–H groups in total. The summed E-state index contributed by atoms with van der Waals surface area (Å²) >= 11 is 0. The first kappa shape index (κ1) is 75.6. The minimum Gasteiger partial charge on any atom is -0.462 e. The third-order valence-corrected chi connectivity index (χ3v) is 14.9. The molecule has 0 spiro atoms. The Hall–Kier alpha value is -3.41. The maximum Gasteiger partial charge on any atom is 0.306 e. The zero-order valence-corrected chi connectivity index (χ0v) is 52.4. The summed E-state index contributed by atoms with van der Waals surface area (Å²) in [6.07, 6.45) is 88.7. The highest BCUT2D eigenvalue weighted by molar-refractivity contribution is 5.71. The van der Waals surface area contributed by atoms with Gasteiger partial charge in [-0.15, -0.1) is 0 Å². The number of allylic oxidation sites excluding steroid dienone is 14. The van der Waals surface area contributed by atoms with E-state index in [-0.39, 0.29) is 31.1 Å². The lowest BCUT2D eigenvalue weighted by Crippen LogP contribution is -2.30. The molecular weight excluding hydrogens is 973 g/mol. The molecule has 6 nitrogen and oxygen atoms in total. The zero-order chi connectivity index (χ0) is 57.1. The van der Waals surface area contributed by atoms with Crippen molar-refractivity contribution in [2.24, 2.45) is 0 Å². The second-order valence-corrected chi connectivity index (χ2v) is 22.7. The highest BCUT2D eigenvalue weighted by atomic mass is 16.6. The number of ether oxygens (including phenoxy) is 3. The third-order valence-electron chi connectivity index (χ3n) is 14.9.